The van der Waals surface area contributed by atoms with Crippen LogP contribution < -0.4 is 16.0 Å². The molecule has 0 aliphatic heterocycles. The van der Waals surface area contributed by atoms with Gasteiger partial charge >= 0.3 is 0 Å². The molecule has 0 aliphatic carbocycles. The monoisotopic (exact) mass is 249 g/mol. The Balaban J connectivity index is 2.62. The van der Waals surface area contributed by atoms with Crippen molar-refractivity contribution in [3.63, 3.8) is 0 Å². The van der Waals surface area contributed by atoms with Crippen molar-refractivity contribution in [3.05, 3.63) is 23.8 Å². The Hall–Kier alpha value is -1.71. The number of amides is 1. The molecule has 4 nitrogen and oxygen atoms in total. The first-order chi connectivity index (χ1) is 8.40. The van der Waals surface area contributed by atoms with Crippen LogP contribution in [0.2, 0.25) is 0 Å². The minimum Gasteiger partial charge on any atom is -0.397 e. The zero-order valence-electron chi connectivity index (χ0n) is 11.7. The van der Waals surface area contributed by atoms with Crippen LogP contribution in [0.3, 0.4) is 0 Å². The highest BCUT2D eigenvalue weighted by atomic mass is 16.2. The van der Waals surface area contributed by atoms with Gasteiger partial charge in [0, 0.05) is 13.6 Å². The Morgan fingerprint density at radius 2 is 2.11 bits per heavy atom. The van der Waals surface area contributed by atoms with Gasteiger partial charge in [-0.05, 0) is 30.5 Å². The molecule has 1 amide bonds. The molecule has 1 aromatic rings. The molecular formula is C14H23N3O. The van der Waals surface area contributed by atoms with Crippen molar-refractivity contribution in [2.75, 3.05) is 30.8 Å². The first kappa shape index (κ1) is 14.4. The summed E-state index contributed by atoms with van der Waals surface area (Å²) in [6.07, 6.45) is 0. The van der Waals surface area contributed by atoms with Crippen molar-refractivity contribution < 1.29 is 4.79 Å². The van der Waals surface area contributed by atoms with Crippen LogP contribution in [0.5, 0.6) is 0 Å². The summed E-state index contributed by atoms with van der Waals surface area (Å²) in [6.45, 7) is 7.18. The van der Waals surface area contributed by atoms with Crippen LogP contribution in [0, 0.1) is 12.8 Å². The highest BCUT2D eigenvalue weighted by Gasteiger charge is 2.10. The quantitative estimate of drug-likeness (QED) is 0.782. The second kappa shape index (κ2) is 6.28. The number of nitrogens with one attached hydrogen (secondary N) is 1. The molecule has 3 N–H and O–H groups in total. The number of benzene rings is 1. The second-order valence-corrected chi connectivity index (χ2v) is 5.12. The first-order valence-corrected chi connectivity index (χ1v) is 6.24. The summed E-state index contributed by atoms with van der Waals surface area (Å²) in [5, 5.41) is 2.90. The number of carbonyl (C=O) groups is 1. The third-order valence-corrected chi connectivity index (χ3v) is 2.69. The lowest BCUT2D eigenvalue weighted by Gasteiger charge is -2.21. The number of rotatable bonds is 5. The molecule has 0 saturated carbocycles. The lowest BCUT2D eigenvalue weighted by atomic mass is 10.2. The van der Waals surface area contributed by atoms with E-state index in [2.05, 4.69) is 19.2 Å². The Kier molecular flexibility index (Phi) is 5.01. The van der Waals surface area contributed by atoms with Gasteiger partial charge in [0.2, 0.25) is 5.91 Å². The number of anilines is 2. The largest absolute Gasteiger partial charge is 0.397 e. The Bertz CT molecular complexity index is 416. The van der Waals surface area contributed by atoms with E-state index in [1.54, 1.807) is 0 Å². The predicted molar refractivity (Wildman–Crippen MR) is 76.7 cm³/mol. The number of likely N-dealkylation sites (N-methyl/N-ethyl adjacent to an activating group) is 1. The van der Waals surface area contributed by atoms with Crippen LogP contribution in [-0.2, 0) is 4.79 Å². The number of hydrogen-bond acceptors (Lipinski definition) is 3. The molecule has 0 aliphatic rings. The van der Waals surface area contributed by atoms with Gasteiger partial charge in [-0.2, -0.15) is 0 Å². The molecule has 0 heterocycles. The van der Waals surface area contributed by atoms with Gasteiger partial charge in [0.15, 0.2) is 0 Å². The van der Waals surface area contributed by atoms with Gasteiger partial charge in [0.25, 0.3) is 0 Å². The maximum Gasteiger partial charge on any atom is 0.239 e. The molecule has 0 atom stereocenters. The van der Waals surface area contributed by atoms with Gasteiger partial charge in [-0.1, -0.05) is 19.9 Å². The summed E-state index contributed by atoms with van der Waals surface area (Å²) in [5.74, 6) is 0.482. The molecule has 0 fully saturated rings. The van der Waals surface area contributed by atoms with E-state index in [0.29, 0.717) is 24.7 Å². The van der Waals surface area contributed by atoms with Gasteiger partial charge in [0.05, 0.1) is 17.9 Å². The number of nitrogens with two attached hydrogens (primary N) is 1. The molecule has 0 radical (unpaired) electrons. The normalized spacial score (nSPS) is 10.5. The molecule has 4 heteroatoms. The van der Waals surface area contributed by atoms with Crippen molar-refractivity contribution in [2.45, 2.75) is 20.8 Å². The van der Waals surface area contributed by atoms with Crippen molar-refractivity contribution >= 4 is 17.3 Å². The molecule has 0 spiro atoms. The number of carbonyl (C=O) groups excluding carboxylic acids is 1. The van der Waals surface area contributed by atoms with E-state index in [0.717, 1.165) is 11.3 Å². The molecule has 0 bridgehead atoms. The topological polar surface area (TPSA) is 58.4 Å². The summed E-state index contributed by atoms with van der Waals surface area (Å²) in [5.41, 5.74) is 8.64. The van der Waals surface area contributed by atoms with E-state index in [1.165, 1.54) is 0 Å². The summed E-state index contributed by atoms with van der Waals surface area (Å²) in [7, 11) is 1.88. The fraction of sp³-hybridized carbons (Fsp3) is 0.500. The SMILES string of the molecule is Cc1ccc(N)c(N(C)CC(=O)NCC(C)C)c1. The van der Waals surface area contributed by atoms with E-state index in [1.807, 2.05) is 37.1 Å². The number of nitrogen functional groups attached to an aromatic ring is 1. The predicted octanol–water partition coefficient (Wildman–Crippen LogP) is 1.79. The Morgan fingerprint density at radius 1 is 1.44 bits per heavy atom. The standard InChI is InChI=1S/C14H23N3O/c1-10(2)8-16-14(18)9-17(4)13-7-11(3)5-6-12(13)15/h5-7,10H,8-9,15H2,1-4H3,(H,16,18). The molecule has 100 valence electrons. The van der Waals surface area contributed by atoms with Crippen molar-refractivity contribution in [3.8, 4) is 0 Å². The lowest BCUT2D eigenvalue weighted by Crippen LogP contribution is -2.37. The summed E-state index contributed by atoms with van der Waals surface area (Å²) in [4.78, 5) is 13.6. The molecule has 0 aromatic heterocycles. The number of hydrogen-bond donors (Lipinski definition) is 2. The fourth-order valence-corrected chi connectivity index (χ4v) is 1.66. The average Bonchev–Trinajstić information content (AvgIpc) is 2.29. The minimum absolute atomic E-state index is 0.0205. The van der Waals surface area contributed by atoms with E-state index < -0.39 is 0 Å². The smallest absolute Gasteiger partial charge is 0.239 e. The molecule has 0 saturated heterocycles. The molecule has 1 rings (SSSR count). The Morgan fingerprint density at radius 3 is 2.72 bits per heavy atom. The van der Waals surface area contributed by atoms with Gasteiger partial charge < -0.3 is 16.0 Å². The molecule has 1 aromatic carbocycles. The van der Waals surface area contributed by atoms with Gasteiger partial charge in [0.1, 0.15) is 0 Å². The van der Waals surface area contributed by atoms with Gasteiger partial charge in [-0.25, -0.2) is 0 Å². The van der Waals surface area contributed by atoms with Crippen LogP contribution >= 0.6 is 0 Å². The summed E-state index contributed by atoms with van der Waals surface area (Å²) < 4.78 is 0. The van der Waals surface area contributed by atoms with E-state index >= 15 is 0 Å². The molecular weight excluding hydrogens is 226 g/mol. The molecule has 0 unspecified atom stereocenters. The molecule has 18 heavy (non-hydrogen) atoms. The van der Waals surface area contributed by atoms with Crippen LogP contribution in [0.25, 0.3) is 0 Å². The van der Waals surface area contributed by atoms with Crippen molar-refractivity contribution in [2.24, 2.45) is 5.92 Å². The van der Waals surface area contributed by atoms with E-state index in [-0.39, 0.29) is 5.91 Å². The average molecular weight is 249 g/mol. The fourth-order valence-electron chi connectivity index (χ4n) is 1.66. The summed E-state index contributed by atoms with van der Waals surface area (Å²) >= 11 is 0. The lowest BCUT2D eigenvalue weighted by molar-refractivity contribution is -0.119. The minimum atomic E-state index is 0.0205. The van der Waals surface area contributed by atoms with Gasteiger partial charge in [-0.15, -0.1) is 0 Å². The van der Waals surface area contributed by atoms with E-state index in [9.17, 15) is 4.79 Å². The first-order valence-electron chi connectivity index (χ1n) is 6.24. The van der Waals surface area contributed by atoms with E-state index in [4.69, 9.17) is 5.73 Å². The van der Waals surface area contributed by atoms with Crippen molar-refractivity contribution in [1.82, 2.24) is 5.32 Å². The van der Waals surface area contributed by atoms with Crippen LogP contribution in [0.15, 0.2) is 18.2 Å². The number of nitrogens with zero attached hydrogens (tertiary/aromatic N) is 1. The number of aryl methyl sites for hydroxylation is 1. The third-order valence-electron chi connectivity index (χ3n) is 2.69. The van der Waals surface area contributed by atoms with Gasteiger partial charge in [-0.3, -0.25) is 4.79 Å². The van der Waals surface area contributed by atoms with Crippen LogP contribution in [-0.4, -0.2) is 26.0 Å². The zero-order valence-corrected chi connectivity index (χ0v) is 11.7. The highest BCUT2D eigenvalue weighted by Crippen LogP contribution is 2.22. The second-order valence-electron chi connectivity index (χ2n) is 5.12. The van der Waals surface area contributed by atoms with Crippen LogP contribution in [0.1, 0.15) is 19.4 Å². The zero-order chi connectivity index (χ0) is 13.7. The summed E-state index contributed by atoms with van der Waals surface area (Å²) in [6, 6.07) is 5.82. The van der Waals surface area contributed by atoms with Crippen molar-refractivity contribution in [1.29, 1.82) is 0 Å². The maximum atomic E-state index is 11.7. The maximum absolute atomic E-state index is 11.7. The Labute approximate surface area is 109 Å². The highest BCUT2D eigenvalue weighted by molar-refractivity contribution is 5.83. The third kappa shape index (κ3) is 4.28. The van der Waals surface area contributed by atoms with Crippen LogP contribution in [0.4, 0.5) is 11.4 Å².